The largest absolute Gasteiger partial charge is 0.472 e. The molecule has 0 radical (unpaired) electrons. The molecule has 1 atom stereocenters. The Bertz CT molecular complexity index is 1880. The molecule has 40 heavy (non-hydrogen) atoms. The maximum absolute atomic E-state index is 12.9. The van der Waals surface area contributed by atoms with Crippen LogP contribution in [0.15, 0.2) is 146 Å². The van der Waals surface area contributed by atoms with Gasteiger partial charge in [-0.3, -0.25) is 0 Å². The summed E-state index contributed by atoms with van der Waals surface area (Å²) in [6.07, 6.45) is 4.33. The van der Waals surface area contributed by atoms with Gasteiger partial charge >= 0.3 is 0 Å². The summed E-state index contributed by atoms with van der Waals surface area (Å²) < 4.78 is 7.26. The molecule has 0 saturated heterocycles. The number of fused-ring (bicyclic) bond motifs is 8. The average Bonchev–Trinajstić information content (AvgIpc) is 3.32. The Morgan fingerprint density at radius 1 is 0.525 bits per heavy atom. The van der Waals surface area contributed by atoms with E-state index in [1.54, 1.807) is 0 Å². The average molecular weight is 515 g/mol. The molecule has 6 aromatic carbocycles. The van der Waals surface area contributed by atoms with Crippen molar-refractivity contribution in [2.45, 2.75) is 11.2 Å². The monoisotopic (exact) mass is 514 g/mol. The van der Waals surface area contributed by atoms with Crippen LogP contribution in [0.2, 0.25) is 0 Å². The maximum atomic E-state index is 12.9. The number of rotatable bonds is 3. The molecular weight excluding hydrogens is 488 g/mol. The first kappa shape index (κ1) is 23.0. The third-order valence-corrected chi connectivity index (χ3v) is 8.50. The van der Waals surface area contributed by atoms with Crippen LogP contribution in [0.4, 0.5) is 0 Å². The summed E-state index contributed by atoms with van der Waals surface area (Å²) in [5, 5.41) is 15.0. The topological polar surface area (TPSA) is 29.5 Å². The molecule has 0 fully saturated rings. The van der Waals surface area contributed by atoms with Crippen LogP contribution in [0.1, 0.15) is 33.4 Å². The van der Waals surface area contributed by atoms with Crippen molar-refractivity contribution in [3.05, 3.63) is 179 Å². The number of hydrogen-bond acceptors (Lipinski definition) is 2. The summed E-state index contributed by atoms with van der Waals surface area (Å²) in [4.78, 5) is 0. The van der Waals surface area contributed by atoms with Crippen molar-refractivity contribution in [3.63, 3.8) is 0 Å². The van der Waals surface area contributed by atoms with Gasteiger partial charge in [0.15, 0.2) is 5.60 Å². The summed E-state index contributed by atoms with van der Waals surface area (Å²) in [6, 6.07) is 47.4. The van der Waals surface area contributed by atoms with Crippen LogP contribution in [-0.2, 0) is 11.2 Å². The Morgan fingerprint density at radius 2 is 1.05 bits per heavy atom. The van der Waals surface area contributed by atoms with Gasteiger partial charge in [0.05, 0.1) is 0 Å². The van der Waals surface area contributed by atoms with Crippen LogP contribution >= 0.6 is 0 Å². The van der Waals surface area contributed by atoms with Crippen LogP contribution in [0.25, 0.3) is 28.0 Å². The minimum absolute atomic E-state index is 0.784. The molecule has 1 aliphatic heterocycles. The van der Waals surface area contributed by atoms with Crippen LogP contribution in [0, 0.1) is 0 Å². The molecule has 0 amide bonds. The van der Waals surface area contributed by atoms with Gasteiger partial charge in [0.1, 0.15) is 11.4 Å². The lowest BCUT2D eigenvalue weighted by Crippen LogP contribution is -2.35. The third-order valence-electron chi connectivity index (χ3n) is 8.50. The zero-order valence-electron chi connectivity index (χ0n) is 21.8. The molecule has 0 saturated carbocycles. The van der Waals surface area contributed by atoms with Gasteiger partial charge in [0.25, 0.3) is 0 Å². The van der Waals surface area contributed by atoms with Gasteiger partial charge in [-0.1, -0.05) is 146 Å². The standard InChI is InChI=1S/C38H26O2/c39-38(28-18-8-3-9-19-28)33-23-13-12-22-31(33)34-29-20-10-11-21-30(29)36-32(35(34)38)24-25-37(40-36,26-14-4-1-5-15-26)27-16-6-2-7-17-27/h1-25,39H. The lowest BCUT2D eigenvalue weighted by Gasteiger charge is -2.38. The summed E-state index contributed by atoms with van der Waals surface area (Å²) in [7, 11) is 0. The van der Waals surface area contributed by atoms with E-state index >= 15 is 0 Å². The number of aliphatic hydroxyl groups is 1. The normalized spacial score (nSPS) is 18.0. The van der Waals surface area contributed by atoms with Gasteiger partial charge < -0.3 is 9.84 Å². The first-order valence-electron chi connectivity index (χ1n) is 13.7. The van der Waals surface area contributed by atoms with E-state index in [9.17, 15) is 5.11 Å². The molecule has 6 aromatic rings. The van der Waals surface area contributed by atoms with Gasteiger partial charge in [-0.2, -0.15) is 0 Å². The van der Waals surface area contributed by atoms with Crippen molar-refractivity contribution in [3.8, 4) is 16.9 Å². The van der Waals surface area contributed by atoms with E-state index in [0.717, 1.165) is 61.0 Å². The van der Waals surface area contributed by atoms with Crippen LogP contribution in [0.3, 0.4) is 0 Å². The Hall–Kier alpha value is -4.92. The quantitative estimate of drug-likeness (QED) is 0.257. The van der Waals surface area contributed by atoms with E-state index in [1.807, 2.05) is 48.5 Å². The highest BCUT2D eigenvalue weighted by Crippen LogP contribution is 2.59. The number of benzene rings is 6. The van der Waals surface area contributed by atoms with E-state index in [1.165, 1.54) is 0 Å². The smallest absolute Gasteiger partial charge is 0.178 e. The van der Waals surface area contributed by atoms with Crippen molar-refractivity contribution in [1.29, 1.82) is 0 Å². The first-order valence-corrected chi connectivity index (χ1v) is 13.7. The van der Waals surface area contributed by atoms with Crippen LogP contribution in [0.5, 0.6) is 5.75 Å². The molecule has 0 spiro atoms. The van der Waals surface area contributed by atoms with E-state index in [2.05, 4.69) is 103 Å². The van der Waals surface area contributed by atoms with Gasteiger partial charge in [0, 0.05) is 33.2 Å². The predicted octanol–water partition coefficient (Wildman–Crippen LogP) is 8.45. The SMILES string of the molecule is OC1(c2ccccc2)c2ccccc2-c2c1c1c(c3ccccc23)OC(c2ccccc2)(c2ccccc2)C=C1. The maximum Gasteiger partial charge on any atom is 0.178 e. The molecule has 8 rings (SSSR count). The fourth-order valence-corrected chi connectivity index (χ4v) is 6.73. The first-order chi connectivity index (χ1) is 19.7. The Kier molecular flexibility index (Phi) is 4.91. The molecule has 2 heteroatoms. The summed E-state index contributed by atoms with van der Waals surface area (Å²) >= 11 is 0. The summed E-state index contributed by atoms with van der Waals surface area (Å²) in [5.74, 6) is 0.784. The lowest BCUT2D eigenvalue weighted by molar-refractivity contribution is 0.127. The zero-order chi connectivity index (χ0) is 26.7. The Balaban J connectivity index is 1.49. The van der Waals surface area contributed by atoms with Gasteiger partial charge in [-0.25, -0.2) is 0 Å². The van der Waals surface area contributed by atoms with Crippen LogP contribution in [-0.4, -0.2) is 5.11 Å². The molecule has 190 valence electrons. The van der Waals surface area contributed by atoms with Crippen molar-refractivity contribution >= 4 is 16.8 Å². The van der Waals surface area contributed by atoms with E-state index in [4.69, 9.17) is 4.74 Å². The molecule has 0 aromatic heterocycles. The van der Waals surface area contributed by atoms with E-state index in [0.29, 0.717) is 0 Å². The molecule has 1 heterocycles. The molecule has 1 aliphatic carbocycles. The Morgan fingerprint density at radius 3 is 1.70 bits per heavy atom. The van der Waals surface area contributed by atoms with Crippen LogP contribution < -0.4 is 4.74 Å². The lowest BCUT2D eigenvalue weighted by atomic mass is 9.78. The third kappa shape index (κ3) is 3.03. The van der Waals surface area contributed by atoms with E-state index in [-0.39, 0.29) is 0 Å². The predicted molar refractivity (Wildman–Crippen MR) is 161 cm³/mol. The van der Waals surface area contributed by atoms with Crippen molar-refractivity contribution < 1.29 is 9.84 Å². The van der Waals surface area contributed by atoms with Gasteiger partial charge in [0.2, 0.25) is 0 Å². The van der Waals surface area contributed by atoms with Gasteiger partial charge in [-0.05, 0) is 28.2 Å². The number of ether oxygens (including phenoxy) is 1. The molecule has 1 N–H and O–H groups in total. The zero-order valence-corrected chi connectivity index (χ0v) is 21.8. The molecule has 2 nitrogen and oxygen atoms in total. The minimum Gasteiger partial charge on any atom is -0.472 e. The molecular formula is C38H26O2. The van der Waals surface area contributed by atoms with Gasteiger partial charge in [-0.15, -0.1) is 0 Å². The van der Waals surface area contributed by atoms with E-state index < -0.39 is 11.2 Å². The van der Waals surface area contributed by atoms with Crippen molar-refractivity contribution in [2.24, 2.45) is 0 Å². The van der Waals surface area contributed by atoms with Crippen molar-refractivity contribution in [2.75, 3.05) is 0 Å². The summed E-state index contributed by atoms with van der Waals surface area (Å²) in [6.45, 7) is 0. The number of hydrogen-bond donors (Lipinski definition) is 1. The highest BCUT2D eigenvalue weighted by molar-refractivity contribution is 6.08. The highest BCUT2D eigenvalue weighted by Gasteiger charge is 2.48. The minimum atomic E-state index is -1.32. The fourth-order valence-electron chi connectivity index (χ4n) is 6.73. The summed E-state index contributed by atoms with van der Waals surface area (Å²) in [5.41, 5.74) is 5.61. The Labute approximate surface area is 233 Å². The highest BCUT2D eigenvalue weighted by atomic mass is 16.5. The van der Waals surface area contributed by atoms with Crippen molar-refractivity contribution in [1.82, 2.24) is 0 Å². The second kappa shape index (κ2) is 8.54. The second-order valence-corrected chi connectivity index (χ2v) is 10.6. The second-order valence-electron chi connectivity index (χ2n) is 10.6. The molecule has 2 aliphatic rings. The fraction of sp³-hybridized carbons (Fsp3) is 0.0526. The molecule has 1 unspecified atom stereocenters. The molecule has 0 bridgehead atoms.